The topological polar surface area (TPSA) is 54.9 Å². The Morgan fingerprint density at radius 3 is 2.71 bits per heavy atom. The second-order valence-corrected chi connectivity index (χ2v) is 8.14. The molecule has 3 heterocycles. The largest absolute Gasteiger partial charge is 0.377 e. The van der Waals surface area contributed by atoms with Gasteiger partial charge in [-0.3, -0.25) is 4.99 Å². The first kappa shape index (κ1) is 17.3. The Morgan fingerprint density at radius 2 is 2.08 bits per heavy atom. The smallest absolute Gasteiger partial charge is 0.191 e. The molecule has 0 amide bonds. The fourth-order valence-corrected chi connectivity index (χ4v) is 5.86. The van der Waals surface area contributed by atoms with Gasteiger partial charge >= 0.3 is 0 Å². The van der Waals surface area contributed by atoms with Crippen LogP contribution < -0.4 is 10.6 Å². The van der Waals surface area contributed by atoms with Crippen LogP contribution in [-0.4, -0.2) is 49.5 Å². The van der Waals surface area contributed by atoms with E-state index in [9.17, 15) is 0 Å². The molecule has 5 rings (SSSR count). The van der Waals surface area contributed by atoms with E-state index in [2.05, 4.69) is 17.6 Å². The predicted molar refractivity (Wildman–Crippen MR) is 104 cm³/mol. The Labute approximate surface area is 161 Å². The highest BCUT2D eigenvalue weighted by Crippen LogP contribution is 2.62. The van der Waals surface area contributed by atoms with Crippen LogP contribution in [0.25, 0.3) is 0 Å². The molecule has 6 atom stereocenters. The van der Waals surface area contributed by atoms with Crippen molar-refractivity contribution in [3.63, 3.8) is 0 Å². The third-order valence-electron chi connectivity index (χ3n) is 7.07. The van der Waals surface area contributed by atoms with Gasteiger partial charge in [-0.15, -0.1) is 24.0 Å². The molecule has 5 fully saturated rings. The number of guanidine groups is 1. The summed E-state index contributed by atoms with van der Waals surface area (Å²) in [6.45, 7) is 3.88. The zero-order valence-electron chi connectivity index (χ0n) is 14.5. The maximum Gasteiger partial charge on any atom is 0.191 e. The minimum absolute atomic E-state index is 0. The van der Waals surface area contributed by atoms with Gasteiger partial charge in [0.25, 0.3) is 0 Å². The number of rotatable bonds is 3. The quantitative estimate of drug-likeness (QED) is 0.397. The molecule has 6 heteroatoms. The monoisotopic (exact) mass is 447 g/mol. The summed E-state index contributed by atoms with van der Waals surface area (Å²) in [5, 5.41) is 7.49. The van der Waals surface area contributed by atoms with Crippen LogP contribution in [0, 0.1) is 11.3 Å². The molecular weight excluding hydrogens is 417 g/mol. The van der Waals surface area contributed by atoms with Crippen LogP contribution in [0.5, 0.6) is 0 Å². The van der Waals surface area contributed by atoms with Gasteiger partial charge in [-0.05, 0) is 45.4 Å². The molecule has 0 aromatic heterocycles. The molecule has 0 aromatic carbocycles. The van der Waals surface area contributed by atoms with Gasteiger partial charge < -0.3 is 20.1 Å². The van der Waals surface area contributed by atoms with E-state index in [-0.39, 0.29) is 24.0 Å². The van der Waals surface area contributed by atoms with Crippen molar-refractivity contribution in [3.05, 3.63) is 0 Å². The number of fused-ring (bicyclic) bond motifs is 4. The van der Waals surface area contributed by atoms with Crippen molar-refractivity contribution < 1.29 is 9.47 Å². The van der Waals surface area contributed by atoms with E-state index in [1.165, 1.54) is 38.5 Å². The number of hydrogen-bond acceptors (Lipinski definition) is 3. The Morgan fingerprint density at radius 1 is 1.21 bits per heavy atom. The first-order valence-electron chi connectivity index (χ1n) is 9.65. The van der Waals surface area contributed by atoms with Crippen LogP contribution in [0.15, 0.2) is 4.99 Å². The number of nitrogens with zero attached hydrogens (tertiary/aromatic N) is 1. The number of ether oxygens (including phenoxy) is 2. The maximum atomic E-state index is 6.03. The second-order valence-electron chi connectivity index (χ2n) is 8.14. The molecule has 3 aliphatic heterocycles. The number of nitrogens with one attached hydrogen (secondary N) is 2. The summed E-state index contributed by atoms with van der Waals surface area (Å²) in [4.78, 5) is 4.73. The fourth-order valence-electron chi connectivity index (χ4n) is 5.86. The third kappa shape index (κ3) is 2.50. The lowest BCUT2D eigenvalue weighted by Gasteiger charge is -2.63. The molecule has 0 aromatic rings. The fraction of sp³-hybridized carbons (Fsp3) is 0.944. The molecule has 24 heavy (non-hydrogen) atoms. The summed E-state index contributed by atoms with van der Waals surface area (Å²) in [5.41, 5.74) is 0.405. The molecule has 5 nitrogen and oxygen atoms in total. The first-order valence-corrected chi connectivity index (χ1v) is 9.65. The number of halogens is 1. The van der Waals surface area contributed by atoms with Crippen molar-refractivity contribution in [1.29, 1.82) is 0 Å². The van der Waals surface area contributed by atoms with Crippen LogP contribution in [0.4, 0.5) is 0 Å². The van der Waals surface area contributed by atoms with Crippen LogP contribution in [0.3, 0.4) is 0 Å². The average Bonchev–Trinajstić information content (AvgIpc) is 3.19. The van der Waals surface area contributed by atoms with Gasteiger partial charge in [-0.1, -0.05) is 6.42 Å². The van der Waals surface area contributed by atoms with Crippen molar-refractivity contribution in [1.82, 2.24) is 10.6 Å². The predicted octanol–water partition coefficient (Wildman–Crippen LogP) is 2.44. The lowest BCUT2D eigenvalue weighted by atomic mass is 9.46. The van der Waals surface area contributed by atoms with Gasteiger partial charge in [0.05, 0.1) is 24.4 Å². The summed E-state index contributed by atoms with van der Waals surface area (Å²) < 4.78 is 12.0. The Balaban J connectivity index is 0.00000146. The molecule has 2 bridgehead atoms. The molecule has 6 unspecified atom stereocenters. The summed E-state index contributed by atoms with van der Waals surface area (Å²) in [6.07, 6.45) is 10.2. The zero-order chi connectivity index (χ0) is 15.4. The summed E-state index contributed by atoms with van der Waals surface area (Å²) in [6, 6.07) is 1.00. The Kier molecular flexibility index (Phi) is 4.75. The van der Waals surface area contributed by atoms with Crippen molar-refractivity contribution in [2.24, 2.45) is 16.3 Å². The lowest BCUT2D eigenvalue weighted by Crippen LogP contribution is -2.72. The van der Waals surface area contributed by atoms with Gasteiger partial charge in [0, 0.05) is 30.5 Å². The zero-order valence-corrected chi connectivity index (χ0v) is 16.8. The molecule has 0 radical (unpaired) electrons. The highest BCUT2D eigenvalue weighted by atomic mass is 127. The molecule has 136 valence electrons. The van der Waals surface area contributed by atoms with Crippen molar-refractivity contribution >= 4 is 29.9 Å². The number of aliphatic imine (C=N–C) groups is 1. The normalized spacial score (nSPS) is 44.5. The van der Waals surface area contributed by atoms with E-state index < -0.39 is 0 Å². The highest BCUT2D eigenvalue weighted by molar-refractivity contribution is 14.0. The van der Waals surface area contributed by atoms with Gasteiger partial charge in [0.2, 0.25) is 0 Å². The van der Waals surface area contributed by atoms with Crippen LogP contribution >= 0.6 is 24.0 Å². The standard InChI is InChI=1S/C18H29N3O2.HI/c1-2-19-17(20-13-10-11-4-5-14(13)23-11)21-15-12-6-9-22-16(12)18(15)7-3-8-18;/h11-16H,2-10H2,1H3,(H2,19,20,21);1H. The molecule has 1 spiro atoms. The second kappa shape index (κ2) is 6.58. The molecule has 2 saturated carbocycles. The van der Waals surface area contributed by atoms with E-state index in [1.54, 1.807) is 0 Å². The summed E-state index contributed by atoms with van der Waals surface area (Å²) in [7, 11) is 0. The van der Waals surface area contributed by atoms with Gasteiger partial charge in [-0.25, -0.2) is 0 Å². The van der Waals surface area contributed by atoms with Gasteiger partial charge in [0.15, 0.2) is 5.96 Å². The van der Waals surface area contributed by atoms with Crippen LogP contribution in [0.1, 0.15) is 51.9 Å². The minimum Gasteiger partial charge on any atom is -0.377 e. The SMILES string of the molecule is CCN=C(NC1CC2CCC1O2)NC1C2CCOC2C12CCC2.I. The molecule has 5 aliphatic rings. The lowest BCUT2D eigenvalue weighted by molar-refractivity contribution is -0.171. The maximum absolute atomic E-state index is 6.03. The molecule has 2 aliphatic carbocycles. The average molecular weight is 447 g/mol. The third-order valence-corrected chi connectivity index (χ3v) is 7.07. The van der Waals surface area contributed by atoms with E-state index in [4.69, 9.17) is 14.5 Å². The first-order chi connectivity index (χ1) is 11.3. The van der Waals surface area contributed by atoms with Gasteiger partial charge in [0.1, 0.15) is 0 Å². The summed E-state index contributed by atoms with van der Waals surface area (Å²) >= 11 is 0. The number of hydrogen-bond donors (Lipinski definition) is 2. The molecule has 2 N–H and O–H groups in total. The van der Waals surface area contributed by atoms with E-state index in [0.717, 1.165) is 25.5 Å². The van der Waals surface area contributed by atoms with Crippen molar-refractivity contribution in [3.8, 4) is 0 Å². The minimum atomic E-state index is 0. The van der Waals surface area contributed by atoms with E-state index >= 15 is 0 Å². The Bertz CT molecular complexity index is 510. The van der Waals surface area contributed by atoms with Crippen molar-refractivity contribution in [2.75, 3.05) is 13.2 Å². The summed E-state index contributed by atoms with van der Waals surface area (Å²) in [5.74, 6) is 1.70. The van der Waals surface area contributed by atoms with E-state index in [0.29, 0.717) is 41.7 Å². The van der Waals surface area contributed by atoms with Gasteiger partial charge in [-0.2, -0.15) is 0 Å². The molecule has 3 saturated heterocycles. The molecular formula is C18H30IN3O2. The van der Waals surface area contributed by atoms with E-state index in [1.807, 2.05) is 0 Å². The Hall–Kier alpha value is -0.0800. The highest BCUT2D eigenvalue weighted by Gasteiger charge is 2.66. The van der Waals surface area contributed by atoms with Crippen LogP contribution in [-0.2, 0) is 9.47 Å². The van der Waals surface area contributed by atoms with Crippen LogP contribution in [0.2, 0.25) is 0 Å². The van der Waals surface area contributed by atoms with Crippen molar-refractivity contribution in [2.45, 2.75) is 82.3 Å².